The van der Waals surface area contributed by atoms with Crippen LogP contribution >= 0.6 is 11.6 Å². The van der Waals surface area contributed by atoms with Crippen LogP contribution in [-0.2, 0) is 25.5 Å². The Bertz CT molecular complexity index is 438. The van der Waals surface area contributed by atoms with Crippen molar-refractivity contribution in [2.45, 2.75) is 18.6 Å². The highest BCUT2D eigenvalue weighted by Gasteiger charge is 2.28. The van der Waals surface area contributed by atoms with E-state index in [2.05, 4.69) is 5.32 Å². The first kappa shape index (κ1) is 16.6. The minimum Gasteiger partial charge on any atom is -0.375 e. The molecule has 2 unspecified atom stereocenters. The number of hydrogen-bond donors (Lipinski definition) is 1. The summed E-state index contributed by atoms with van der Waals surface area (Å²) in [5.74, 6) is -0.326. The van der Waals surface area contributed by atoms with Gasteiger partial charge in [0.05, 0.1) is 6.04 Å². The third kappa shape index (κ3) is 5.28. The topological polar surface area (TPSA) is 64.6 Å². The maximum absolute atomic E-state index is 11.6. The molecule has 0 fully saturated rings. The first-order valence-electron chi connectivity index (χ1n) is 6.12. The molecule has 0 heterocycles. The zero-order valence-corrected chi connectivity index (χ0v) is 12.2. The van der Waals surface area contributed by atoms with Gasteiger partial charge in [-0.1, -0.05) is 30.3 Å². The second-order valence-electron chi connectivity index (χ2n) is 4.26. The lowest BCUT2D eigenvalue weighted by Crippen LogP contribution is -2.49. The summed E-state index contributed by atoms with van der Waals surface area (Å²) >= 11 is 5.52. The van der Waals surface area contributed by atoms with Gasteiger partial charge in [0.2, 0.25) is 5.91 Å². The standard InChI is InChI=1S/C14H18ClNO4/c1-19-9-12(17)16-11(13(20-2)14(15)18)8-10-6-4-3-5-7-10/h3-7,11,13H,8-9H2,1-2H3,(H,16,17). The van der Waals surface area contributed by atoms with Crippen LogP contribution in [0.25, 0.3) is 0 Å². The molecule has 1 aromatic rings. The predicted molar refractivity (Wildman–Crippen MR) is 75.6 cm³/mol. The number of nitrogens with one attached hydrogen (secondary N) is 1. The van der Waals surface area contributed by atoms with Crippen molar-refractivity contribution in [1.82, 2.24) is 5.32 Å². The molecule has 0 bridgehead atoms. The summed E-state index contributed by atoms with van der Waals surface area (Å²) in [6.07, 6.45) is -0.467. The van der Waals surface area contributed by atoms with Gasteiger partial charge in [0, 0.05) is 14.2 Å². The third-order valence-corrected chi connectivity index (χ3v) is 2.98. The second kappa shape index (κ2) is 8.68. The van der Waals surface area contributed by atoms with E-state index in [1.165, 1.54) is 14.2 Å². The first-order chi connectivity index (χ1) is 9.58. The van der Waals surface area contributed by atoms with Gasteiger partial charge in [-0.3, -0.25) is 9.59 Å². The zero-order valence-electron chi connectivity index (χ0n) is 11.5. The number of amides is 1. The van der Waals surface area contributed by atoms with Crippen LogP contribution in [0.2, 0.25) is 0 Å². The van der Waals surface area contributed by atoms with E-state index in [9.17, 15) is 9.59 Å². The fraction of sp³-hybridized carbons (Fsp3) is 0.429. The number of rotatable bonds is 8. The molecule has 2 atom stereocenters. The lowest BCUT2D eigenvalue weighted by molar-refractivity contribution is -0.128. The second-order valence-corrected chi connectivity index (χ2v) is 4.63. The van der Waals surface area contributed by atoms with Crippen LogP contribution in [-0.4, -0.2) is 44.1 Å². The van der Waals surface area contributed by atoms with E-state index in [0.717, 1.165) is 5.56 Å². The van der Waals surface area contributed by atoms with Crippen LogP contribution in [0.1, 0.15) is 5.56 Å². The Kier molecular flexibility index (Phi) is 7.22. The highest BCUT2D eigenvalue weighted by molar-refractivity contribution is 6.64. The van der Waals surface area contributed by atoms with Crippen molar-refractivity contribution < 1.29 is 19.1 Å². The average Bonchev–Trinajstić information content (AvgIpc) is 2.40. The monoisotopic (exact) mass is 299 g/mol. The van der Waals surface area contributed by atoms with Gasteiger partial charge in [0.1, 0.15) is 6.61 Å². The van der Waals surface area contributed by atoms with E-state index in [4.69, 9.17) is 21.1 Å². The molecule has 1 rings (SSSR count). The van der Waals surface area contributed by atoms with Gasteiger partial charge >= 0.3 is 0 Å². The van der Waals surface area contributed by atoms with Crippen molar-refractivity contribution >= 4 is 22.8 Å². The Morgan fingerprint density at radius 1 is 1.25 bits per heavy atom. The molecule has 0 saturated carbocycles. The number of ether oxygens (including phenoxy) is 2. The van der Waals surface area contributed by atoms with E-state index in [-0.39, 0.29) is 12.5 Å². The molecule has 1 amide bonds. The Morgan fingerprint density at radius 3 is 2.40 bits per heavy atom. The van der Waals surface area contributed by atoms with E-state index in [1.54, 1.807) is 0 Å². The maximum Gasteiger partial charge on any atom is 0.252 e. The lowest BCUT2D eigenvalue weighted by atomic mass is 10.0. The van der Waals surface area contributed by atoms with Crippen LogP contribution in [0.5, 0.6) is 0 Å². The molecule has 1 N–H and O–H groups in total. The third-order valence-electron chi connectivity index (χ3n) is 2.76. The zero-order chi connectivity index (χ0) is 15.0. The van der Waals surface area contributed by atoms with Gasteiger partial charge in [-0.2, -0.15) is 0 Å². The van der Waals surface area contributed by atoms with Crippen LogP contribution in [0, 0.1) is 0 Å². The molecule has 0 saturated heterocycles. The minimum absolute atomic E-state index is 0.0851. The number of hydrogen-bond acceptors (Lipinski definition) is 4. The molecule has 6 heteroatoms. The lowest BCUT2D eigenvalue weighted by Gasteiger charge is -2.24. The SMILES string of the molecule is COCC(=O)NC(Cc1ccccc1)C(OC)C(=O)Cl. The number of carbonyl (C=O) groups is 2. The molecule has 0 radical (unpaired) electrons. The Hall–Kier alpha value is -1.43. The fourth-order valence-corrected chi connectivity index (χ4v) is 2.14. The molecule has 0 aliphatic heterocycles. The van der Waals surface area contributed by atoms with Crippen molar-refractivity contribution in [3.8, 4) is 0 Å². The van der Waals surface area contributed by atoms with Crippen molar-refractivity contribution in [2.24, 2.45) is 0 Å². The van der Waals surface area contributed by atoms with E-state index in [0.29, 0.717) is 6.42 Å². The van der Waals surface area contributed by atoms with Crippen molar-refractivity contribution in [3.05, 3.63) is 35.9 Å². The molecule has 20 heavy (non-hydrogen) atoms. The summed E-state index contributed by atoms with van der Waals surface area (Å²) in [6.45, 7) is -0.0851. The molecule has 0 spiro atoms. The first-order valence-corrected chi connectivity index (χ1v) is 6.50. The summed E-state index contributed by atoms with van der Waals surface area (Å²) in [5, 5.41) is 2.06. The Balaban J connectivity index is 2.83. The summed E-state index contributed by atoms with van der Waals surface area (Å²) in [5.41, 5.74) is 0.968. The summed E-state index contributed by atoms with van der Waals surface area (Å²) < 4.78 is 9.85. The van der Waals surface area contributed by atoms with Crippen LogP contribution in [0.3, 0.4) is 0 Å². The Morgan fingerprint density at radius 2 is 1.90 bits per heavy atom. The molecule has 110 valence electrons. The van der Waals surface area contributed by atoms with Crippen LogP contribution in [0.15, 0.2) is 30.3 Å². The average molecular weight is 300 g/mol. The predicted octanol–water partition coefficient (Wildman–Crippen LogP) is 1.14. The number of halogens is 1. The number of methoxy groups -OCH3 is 2. The van der Waals surface area contributed by atoms with Gasteiger partial charge in [-0.05, 0) is 23.6 Å². The van der Waals surface area contributed by atoms with Gasteiger partial charge in [0.25, 0.3) is 5.24 Å². The highest BCUT2D eigenvalue weighted by atomic mass is 35.5. The molecular formula is C14H18ClNO4. The normalized spacial score (nSPS) is 13.6. The highest BCUT2D eigenvalue weighted by Crippen LogP contribution is 2.11. The number of carbonyl (C=O) groups excluding carboxylic acids is 2. The summed E-state index contributed by atoms with van der Waals surface area (Å²) in [6, 6.07) is 8.92. The van der Waals surface area contributed by atoms with Crippen molar-refractivity contribution in [2.75, 3.05) is 20.8 Å². The Labute approximate surface area is 123 Å². The van der Waals surface area contributed by atoms with Crippen LogP contribution in [0.4, 0.5) is 0 Å². The van der Waals surface area contributed by atoms with Crippen molar-refractivity contribution in [1.29, 1.82) is 0 Å². The molecule has 1 aromatic carbocycles. The van der Waals surface area contributed by atoms with E-state index < -0.39 is 17.4 Å². The van der Waals surface area contributed by atoms with Crippen molar-refractivity contribution in [3.63, 3.8) is 0 Å². The molecule has 0 aromatic heterocycles. The van der Waals surface area contributed by atoms with Gasteiger partial charge in [-0.15, -0.1) is 0 Å². The summed E-state index contributed by atoms with van der Waals surface area (Å²) in [7, 11) is 2.80. The largest absolute Gasteiger partial charge is 0.375 e. The van der Waals surface area contributed by atoms with Gasteiger partial charge in [-0.25, -0.2) is 0 Å². The quantitative estimate of drug-likeness (QED) is 0.731. The fourth-order valence-electron chi connectivity index (χ4n) is 1.90. The molecule has 5 nitrogen and oxygen atoms in total. The number of benzene rings is 1. The minimum atomic E-state index is -0.905. The molecule has 0 aliphatic rings. The summed E-state index contributed by atoms with van der Waals surface area (Å²) in [4.78, 5) is 23.0. The van der Waals surface area contributed by atoms with E-state index in [1.807, 2.05) is 30.3 Å². The van der Waals surface area contributed by atoms with Gasteiger partial charge in [0.15, 0.2) is 6.10 Å². The van der Waals surface area contributed by atoms with Crippen LogP contribution < -0.4 is 5.32 Å². The molecular weight excluding hydrogens is 282 g/mol. The van der Waals surface area contributed by atoms with E-state index >= 15 is 0 Å². The van der Waals surface area contributed by atoms with Gasteiger partial charge < -0.3 is 14.8 Å². The molecule has 0 aliphatic carbocycles. The smallest absolute Gasteiger partial charge is 0.252 e. The maximum atomic E-state index is 11.6.